The first-order chi connectivity index (χ1) is 11.2. The third-order valence-corrected chi connectivity index (χ3v) is 4.83. The van der Waals surface area contributed by atoms with Crippen LogP contribution in [0.5, 0.6) is 0 Å². The Bertz CT molecular complexity index is 814. The quantitative estimate of drug-likeness (QED) is 0.649. The van der Waals surface area contributed by atoms with Gasteiger partial charge in [-0.2, -0.15) is 0 Å². The van der Waals surface area contributed by atoms with Gasteiger partial charge >= 0.3 is 0 Å². The number of benzene rings is 1. The molecule has 23 heavy (non-hydrogen) atoms. The molecule has 0 fully saturated rings. The molecule has 0 saturated carbocycles. The molecular formula is C18H18ClN3S. The smallest absolute Gasteiger partial charge is 0.183 e. The minimum absolute atomic E-state index is 0.744. The predicted octanol–water partition coefficient (Wildman–Crippen LogP) is 5.66. The van der Waals surface area contributed by atoms with Crippen molar-refractivity contribution in [3.05, 3.63) is 53.4 Å². The van der Waals surface area contributed by atoms with Crippen LogP contribution in [0.15, 0.2) is 42.9 Å². The van der Waals surface area contributed by atoms with Crippen molar-refractivity contribution in [2.75, 3.05) is 11.9 Å². The molecule has 0 saturated heterocycles. The molecule has 1 aromatic carbocycles. The summed E-state index contributed by atoms with van der Waals surface area (Å²) in [5.41, 5.74) is 4.28. The van der Waals surface area contributed by atoms with Crippen LogP contribution in [0.1, 0.15) is 18.9 Å². The highest BCUT2D eigenvalue weighted by molar-refractivity contribution is 7.18. The van der Waals surface area contributed by atoms with Gasteiger partial charge in [0.25, 0.3) is 0 Å². The summed E-state index contributed by atoms with van der Waals surface area (Å²) in [6.45, 7) is 5.11. The van der Waals surface area contributed by atoms with Crippen molar-refractivity contribution in [3.8, 4) is 21.6 Å². The fourth-order valence-corrected chi connectivity index (χ4v) is 3.59. The Morgan fingerprint density at radius 1 is 1.13 bits per heavy atom. The van der Waals surface area contributed by atoms with Gasteiger partial charge < -0.3 is 5.32 Å². The molecule has 3 rings (SSSR count). The molecule has 0 bridgehead atoms. The van der Waals surface area contributed by atoms with Gasteiger partial charge in [-0.05, 0) is 31.0 Å². The standard InChI is InChI=1S/C18H18ClN3S/c1-3-7-21-18-22-11-17(23-18)14-6-8-20-10-15(14)13-5-4-12(2)9-16(13)19/h4-6,8-11H,3,7H2,1-2H3,(H,21,22). The van der Waals surface area contributed by atoms with Gasteiger partial charge in [0, 0.05) is 46.8 Å². The first-order valence-electron chi connectivity index (χ1n) is 7.59. The summed E-state index contributed by atoms with van der Waals surface area (Å²) in [5, 5.41) is 5.02. The van der Waals surface area contributed by atoms with Crippen LogP contribution in [0.25, 0.3) is 21.6 Å². The number of nitrogens with one attached hydrogen (secondary N) is 1. The lowest BCUT2D eigenvalue weighted by Crippen LogP contribution is -1.97. The normalized spacial score (nSPS) is 10.7. The van der Waals surface area contributed by atoms with Gasteiger partial charge in [-0.3, -0.25) is 4.98 Å². The molecule has 1 N–H and O–H groups in total. The zero-order valence-electron chi connectivity index (χ0n) is 13.1. The molecule has 118 valence electrons. The second-order valence-corrected chi connectivity index (χ2v) is 6.80. The number of aryl methyl sites for hydroxylation is 1. The highest BCUT2D eigenvalue weighted by Gasteiger charge is 2.13. The first-order valence-corrected chi connectivity index (χ1v) is 8.79. The zero-order chi connectivity index (χ0) is 16.2. The van der Waals surface area contributed by atoms with E-state index < -0.39 is 0 Å². The summed E-state index contributed by atoms with van der Waals surface area (Å²) in [7, 11) is 0. The molecular weight excluding hydrogens is 326 g/mol. The van der Waals surface area contributed by atoms with Crippen molar-refractivity contribution < 1.29 is 0 Å². The van der Waals surface area contributed by atoms with Gasteiger partial charge in [-0.1, -0.05) is 42.0 Å². The molecule has 2 heterocycles. The van der Waals surface area contributed by atoms with E-state index in [4.69, 9.17) is 11.6 Å². The van der Waals surface area contributed by atoms with E-state index in [0.29, 0.717) is 0 Å². The minimum atomic E-state index is 0.744. The van der Waals surface area contributed by atoms with Crippen molar-refractivity contribution >= 4 is 28.1 Å². The van der Waals surface area contributed by atoms with E-state index in [2.05, 4.69) is 34.3 Å². The lowest BCUT2D eigenvalue weighted by atomic mass is 10.0. The van der Waals surface area contributed by atoms with Gasteiger partial charge in [0.2, 0.25) is 0 Å². The van der Waals surface area contributed by atoms with Gasteiger partial charge in [0.05, 0.1) is 4.88 Å². The average Bonchev–Trinajstić information content (AvgIpc) is 3.02. The van der Waals surface area contributed by atoms with Gasteiger partial charge in [0.15, 0.2) is 5.13 Å². The molecule has 2 aromatic heterocycles. The largest absolute Gasteiger partial charge is 0.362 e. The second kappa shape index (κ2) is 7.11. The Kier molecular flexibility index (Phi) is 4.94. The van der Waals surface area contributed by atoms with Crippen LogP contribution in [0.3, 0.4) is 0 Å². The Balaban J connectivity index is 2.02. The highest BCUT2D eigenvalue weighted by atomic mass is 35.5. The Morgan fingerprint density at radius 2 is 2.00 bits per heavy atom. The van der Waals surface area contributed by atoms with E-state index in [-0.39, 0.29) is 0 Å². The molecule has 0 radical (unpaired) electrons. The molecule has 0 atom stereocenters. The van der Waals surface area contributed by atoms with Crippen LogP contribution in [0.2, 0.25) is 5.02 Å². The lowest BCUT2D eigenvalue weighted by molar-refractivity contribution is 0.976. The monoisotopic (exact) mass is 343 g/mol. The number of thiazole rings is 1. The van der Waals surface area contributed by atoms with Crippen LogP contribution in [0, 0.1) is 6.92 Å². The van der Waals surface area contributed by atoms with E-state index in [1.165, 1.54) is 0 Å². The Morgan fingerprint density at radius 3 is 2.78 bits per heavy atom. The summed E-state index contributed by atoms with van der Waals surface area (Å²) < 4.78 is 0. The fourth-order valence-electron chi connectivity index (χ4n) is 2.37. The number of aromatic nitrogens is 2. The first kappa shape index (κ1) is 16.0. The summed E-state index contributed by atoms with van der Waals surface area (Å²) in [4.78, 5) is 9.84. The summed E-state index contributed by atoms with van der Waals surface area (Å²) >= 11 is 8.10. The number of halogens is 1. The van der Waals surface area contributed by atoms with Crippen LogP contribution < -0.4 is 5.32 Å². The van der Waals surface area contributed by atoms with Crippen LogP contribution in [-0.2, 0) is 0 Å². The van der Waals surface area contributed by atoms with Crippen molar-refractivity contribution in [2.24, 2.45) is 0 Å². The molecule has 0 amide bonds. The van der Waals surface area contributed by atoms with Gasteiger partial charge in [0.1, 0.15) is 0 Å². The maximum absolute atomic E-state index is 6.44. The SMILES string of the molecule is CCCNc1ncc(-c2ccncc2-c2ccc(C)cc2Cl)s1. The molecule has 0 aliphatic rings. The molecule has 0 aliphatic carbocycles. The number of rotatable bonds is 5. The number of hydrogen-bond acceptors (Lipinski definition) is 4. The predicted molar refractivity (Wildman–Crippen MR) is 99.3 cm³/mol. The fraction of sp³-hybridized carbons (Fsp3) is 0.222. The molecule has 0 spiro atoms. The Labute approximate surface area is 145 Å². The molecule has 5 heteroatoms. The van der Waals surface area contributed by atoms with Crippen LogP contribution in [-0.4, -0.2) is 16.5 Å². The molecule has 0 aliphatic heterocycles. The number of anilines is 1. The van der Waals surface area contributed by atoms with Crippen LogP contribution >= 0.6 is 22.9 Å². The third kappa shape index (κ3) is 3.54. The van der Waals surface area contributed by atoms with E-state index >= 15 is 0 Å². The number of pyridine rings is 1. The van der Waals surface area contributed by atoms with Crippen molar-refractivity contribution in [2.45, 2.75) is 20.3 Å². The van der Waals surface area contributed by atoms with Crippen LogP contribution in [0.4, 0.5) is 5.13 Å². The highest BCUT2D eigenvalue weighted by Crippen LogP contribution is 2.38. The average molecular weight is 344 g/mol. The maximum atomic E-state index is 6.44. The summed E-state index contributed by atoms with van der Waals surface area (Å²) in [6, 6.07) is 8.12. The maximum Gasteiger partial charge on any atom is 0.183 e. The van der Waals surface area contributed by atoms with Crippen molar-refractivity contribution in [3.63, 3.8) is 0 Å². The van der Waals surface area contributed by atoms with E-state index in [1.54, 1.807) is 17.5 Å². The lowest BCUT2D eigenvalue weighted by Gasteiger charge is -2.09. The topological polar surface area (TPSA) is 37.8 Å². The van der Waals surface area contributed by atoms with E-state index in [9.17, 15) is 0 Å². The van der Waals surface area contributed by atoms with Gasteiger partial charge in [-0.15, -0.1) is 0 Å². The number of nitrogens with zero attached hydrogens (tertiary/aromatic N) is 2. The van der Waals surface area contributed by atoms with E-state index in [1.807, 2.05) is 31.5 Å². The molecule has 0 unspecified atom stereocenters. The van der Waals surface area contributed by atoms with Gasteiger partial charge in [-0.25, -0.2) is 4.98 Å². The second-order valence-electron chi connectivity index (χ2n) is 5.36. The van der Waals surface area contributed by atoms with Crippen molar-refractivity contribution in [1.82, 2.24) is 9.97 Å². The minimum Gasteiger partial charge on any atom is -0.362 e. The Hall–Kier alpha value is -1.91. The van der Waals surface area contributed by atoms with E-state index in [0.717, 1.165) is 50.3 Å². The zero-order valence-corrected chi connectivity index (χ0v) is 14.7. The molecule has 3 aromatic rings. The molecule has 3 nitrogen and oxygen atoms in total. The summed E-state index contributed by atoms with van der Waals surface area (Å²) in [6.07, 6.45) is 6.66. The number of hydrogen-bond donors (Lipinski definition) is 1. The third-order valence-electron chi connectivity index (χ3n) is 3.53. The summed E-state index contributed by atoms with van der Waals surface area (Å²) in [5.74, 6) is 0. The van der Waals surface area contributed by atoms with Crippen molar-refractivity contribution in [1.29, 1.82) is 0 Å².